The van der Waals surface area contributed by atoms with Gasteiger partial charge in [-0.2, -0.15) is 10.1 Å². The zero-order valence-corrected chi connectivity index (χ0v) is 13.3. The van der Waals surface area contributed by atoms with Crippen molar-refractivity contribution in [3.63, 3.8) is 0 Å². The molecule has 2 aliphatic rings. The number of ketones is 1. The average molecular weight is 325 g/mol. The van der Waals surface area contributed by atoms with Crippen LogP contribution in [0.2, 0.25) is 0 Å². The summed E-state index contributed by atoms with van der Waals surface area (Å²) in [5.74, 6) is 1.49. The van der Waals surface area contributed by atoms with Crippen LogP contribution in [0.5, 0.6) is 0 Å². The van der Waals surface area contributed by atoms with Crippen molar-refractivity contribution in [2.75, 3.05) is 11.9 Å². The topological polar surface area (TPSA) is 92.9 Å². The molecule has 1 unspecified atom stereocenters. The number of fused-ring (bicyclic) bond motifs is 1. The lowest BCUT2D eigenvalue weighted by atomic mass is 9.86. The van der Waals surface area contributed by atoms with Crippen LogP contribution in [0.25, 0.3) is 0 Å². The van der Waals surface area contributed by atoms with E-state index in [0.29, 0.717) is 31.0 Å². The first-order chi connectivity index (χ1) is 11.8. The van der Waals surface area contributed by atoms with Gasteiger partial charge < -0.3 is 10.4 Å². The van der Waals surface area contributed by atoms with Crippen LogP contribution in [-0.4, -0.2) is 37.2 Å². The van der Waals surface area contributed by atoms with Crippen LogP contribution in [0.1, 0.15) is 43.1 Å². The number of rotatable bonds is 4. The SMILES string of the molecule is O=C1CCCC2=C1C(c1cccnc1)n1nc(CCCO)nc1N2. The first-order valence-corrected chi connectivity index (χ1v) is 8.27. The number of hydrogen-bond acceptors (Lipinski definition) is 6. The Labute approximate surface area is 139 Å². The Balaban J connectivity index is 1.82. The molecule has 2 aromatic heterocycles. The molecule has 24 heavy (non-hydrogen) atoms. The number of Topliss-reactive ketones (excluding diaryl/α,β-unsaturated/α-hetero) is 1. The van der Waals surface area contributed by atoms with E-state index in [1.165, 1.54) is 0 Å². The van der Waals surface area contributed by atoms with E-state index in [4.69, 9.17) is 5.11 Å². The maximum atomic E-state index is 12.6. The number of aliphatic hydroxyl groups excluding tert-OH is 1. The van der Waals surface area contributed by atoms with Crippen molar-refractivity contribution >= 4 is 11.7 Å². The van der Waals surface area contributed by atoms with E-state index in [9.17, 15) is 4.79 Å². The van der Waals surface area contributed by atoms with E-state index < -0.39 is 0 Å². The number of nitrogens with zero attached hydrogens (tertiary/aromatic N) is 4. The molecule has 2 N–H and O–H groups in total. The van der Waals surface area contributed by atoms with Crippen molar-refractivity contribution in [1.29, 1.82) is 0 Å². The van der Waals surface area contributed by atoms with Crippen molar-refractivity contribution in [2.45, 2.75) is 38.1 Å². The summed E-state index contributed by atoms with van der Waals surface area (Å²) in [5, 5.41) is 16.9. The highest BCUT2D eigenvalue weighted by molar-refractivity contribution is 5.99. The van der Waals surface area contributed by atoms with Gasteiger partial charge in [0.1, 0.15) is 6.04 Å². The van der Waals surface area contributed by atoms with Crippen LogP contribution in [0, 0.1) is 0 Å². The molecule has 0 saturated carbocycles. The van der Waals surface area contributed by atoms with E-state index in [0.717, 1.165) is 29.7 Å². The standard InChI is InChI=1S/C17H19N5O2/c23-9-3-7-14-20-17-19-12-5-1-6-13(24)15(12)16(22(17)21-14)11-4-2-8-18-10-11/h2,4,8,10,16,23H,1,3,5-7,9H2,(H,19,20,21). The largest absolute Gasteiger partial charge is 0.396 e. The molecule has 7 nitrogen and oxygen atoms in total. The molecule has 4 rings (SSSR count). The van der Waals surface area contributed by atoms with Crippen LogP contribution >= 0.6 is 0 Å². The first-order valence-electron chi connectivity index (χ1n) is 8.27. The summed E-state index contributed by atoms with van der Waals surface area (Å²) in [6.07, 6.45) is 6.99. The third kappa shape index (κ3) is 2.50. The molecule has 124 valence electrons. The summed E-state index contributed by atoms with van der Waals surface area (Å²) in [6, 6.07) is 3.55. The fourth-order valence-electron chi connectivity index (χ4n) is 3.39. The summed E-state index contributed by atoms with van der Waals surface area (Å²) in [4.78, 5) is 21.3. The minimum atomic E-state index is -0.284. The maximum Gasteiger partial charge on any atom is 0.226 e. The molecule has 7 heteroatoms. The molecule has 1 aliphatic carbocycles. The van der Waals surface area contributed by atoms with Crippen LogP contribution in [0.3, 0.4) is 0 Å². The minimum absolute atomic E-state index is 0.108. The molecule has 0 radical (unpaired) electrons. The van der Waals surface area contributed by atoms with Gasteiger partial charge >= 0.3 is 0 Å². The van der Waals surface area contributed by atoms with Gasteiger partial charge in [0.15, 0.2) is 11.6 Å². The van der Waals surface area contributed by atoms with E-state index in [2.05, 4.69) is 20.4 Å². The zero-order chi connectivity index (χ0) is 16.5. The molecule has 1 atom stereocenters. The normalized spacial score (nSPS) is 19.7. The van der Waals surface area contributed by atoms with Gasteiger partial charge in [0.05, 0.1) is 0 Å². The Morgan fingerprint density at radius 3 is 3.08 bits per heavy atom. The highest BCUT2D eigenvalue weighted by Gasteiger charge is 2.36. The minimum Gasteiger partial charge on any atom is -0.396 e. The molecule has 0 spiro atoms. The lowest BCUT2D eigenvalue weighted by Gasteiger charge is -2.31. The van der Waals surface area contributed by atoms with E-state index in [1.54, 1.807) is 17.1 Å². The Morgan fingerprint density at radius 2 is 2.29 bits per heavy atom. The molecule has 3 heterocycles. The molecule has 0 aromatic carbocycles. The number of hydrogen-bond donors (Lipinski definition) is 2. The maximum absolute atomic E-state index is 12.6. The van der Waals surface area contributed by atoms with Crippen molar-refractivity contribution < 1.29 is 9.90 Å². The average Bonchev–Trinajstić information content (AvgIpc) is 3.01. The van der Waals surface area contributed by atoms with Crippen molar-refractivity contribution in [1.82, 2.24) is 19.7 Å². The summed E-state index contributed by atoms with van der Waals surface area (Å²) in [5.41, 5.74) is 2.66. The summed E-state index contributed by atoms with van der Waals surface area (Å²) >= 11 is 0. The second-order valence-electron chi connectivity index (χ2n) is 6.11. The third-order valence-electron chi connectivity index (χ3n) is 4.47. The number of aliphatic hydroxyl groups is 1. The van der Waals surface area contributed by atoms with Crippen molar-refractivity contribution in [2.24, 2.45) is 0 Å². The Kier molecular flexibility index (Phi) is 3.86. The van der Waals surface area contributed by atoms with Gasteiger partial charge in [0, 0.05) is 43.1 Å². The fraction of sp³-hybridized carbons (Fsp3) is 0.412. The molecule has 0 saturated heterocycles. The highest BCUT2D eigenvalue weighted by atomic mass is 16.2. The van der Waals surface area contributed by atoms with Gasteiger partial charge in [-0.15, -0.1) is 0 Å². The second kappa shape index (κ2) is 6.16. The number of aryl methyl sites for hydroxylation is 1. The van der Waals surface area contributed by atoms with E-state index in [1.807, 2.05) is 12.1 Å². The van der Waals surface area contributed by atoms with E-state index in [-0.39, 0.29) is 18.4 Å². The zero-order valence-electron chi connectivity index (χ0n) is 13.3. The summed E-state index contributed by atoms with van der Waals surface area (Å²) in [6.45, 7) is 0.108. The Hall–Kier alpha value is -2.54. The molecule has 1 aliphatic heterocycles. The molecule has 0 fully saturated rings. The number of carbonyl (C=O) groups excluding carboxylic acids is 1. The molecule has 0 amide bonds. The van der Waals surface area contributed by atoms with Gasteiger partial charge in [-0.1, -0.05) is 6.07 Å². The molecule has 2 aromatic rings. The number of pyridine rings is 1. The van der Waals surface area contributed by atoms with Crippen molar-refractivity contribution in [3.8, 4) is 0 Å². The van der Waals surface area contributed by atoms with Crippen LogP contribution in [-0.2, 0) is 11.2 Å². The van der Waals surface area contributed by atoms with Gasteiger partial charge in [-0.05, 0) is 30.9 Å². The second-order valence-corrected chi connectivity index (χ2v) is 6.11. The van der Waals surface area contributed by atoms with E-state index >= 15 is 0 Å². The smallest absolute Gasteiger partial charge is 0.226 e. The van der Waals surface area contributed by atoms with Crippen LogP contribution in [0.15, 0.2) is 35.8 Å². The van der Waals surface area contributed by atoms with Gasteiger partial charge in [-0.3, -0.25) is 9.78 Å². The van der Waals surface area contributed by atoms with Crippen LogP contribution in [0.4, 0.5) is 5.95 Å². The summed E-state index contributed by atoms with van der Waals surface area (Å²) in [7, 11) is 0. The van der Waals surface area contributed by atoms with Gasteiger partial charge in [-0.25, -0.2) is 4.68 Å². The molecular weight excluding hydrogens is 306 g/mol. The Bertz CT molecular complexity index is 797. The predicted molar refractivity (Wildman–Crippen MR) is 87.3 cm³/mol. The molecule has 0 bridgehead atoms. The van der Waals surface area contributed by atoms with Crippen LogP contribution < -0.4 is 5.32 Å². The van der Waals surface area contributed by atoms with Crippen molar-refractivity contribution in [3.05, 3.63) is 47.2 Å². The Morgan fingerprint density at radius 1 is 1.38 bits per heavy atom. The number of aromatic nitrogens is 4. The predicted octanol–water partition coefficient (Wildman–Crippen LogP) is 1.62. The van der Waals surface area contributed by atoms with Gasteiger partial charge in [0.25, 0.3) is 0 Å². The molecular formula is C17H19N5O2. The fourth-order valence-corrected chi connectivity index (χ4v) is 3.39. The number of nitrogens with one attached hydrogen (secondary N) is 1. The highest BCUT2D eigenvalue weighted by Crippen LogP contribution is 2.39. The lowest BCUT2D eigenvalue weighted by molar-refractivity contribution is -0.116. The monoisotopic (exact) mass is 325 g/mol. The lowest BCUT2D eigenvalue weighted by Crippen LogP contribution is -2.31. The quantitative estimate of drug-likeness (QED) is 0.887. The van der Waals surface area contributed by atoms with Gasteiger partial charge in [0.2, 0.25) is 5.95 Å². The first kappa shape index (κ1) is 15.0. The number of carbonyl (C=O) groups is 1. The third-order valence-corrected chi connectivity index (χ3v) is 4.47. The number of anilines is 1. The number of allylic oxidation sites excluding steroid dienone is 2. The summed E-state index contributed by atoms with van der Waals surface area (Å²) < 4.78 is 1.78.